The molecule has 0 fully saturated rings. The summed E-state index contributed by atoms with van der Waals surface area (Å²) < 4.78 is 6.00. The molecule has 0 atom stereocenters. The topological polar surface area (TPSA) is 75.6 Å². The van der Waals surface area contributed by atoms with Crippen LogP contribution in [0.1, 0.15) is 19.8 Å². The largest absolute Gasteiger partial charge is 0.494 e. The molecule has 1 rings (SSSR count). The molecule has 1 aromatic carbocycles. The number of halogens is 1. The maximum Gasteiger partial charge on any atom is 0.303 e. The van der Waals surface area contributed by atoms with Crippen LogP contribution in [0.15, 0.2) is 22.7 Å². The zero-order valence-electron chi connectivity index (χ0n) is 9.90. The lowest BCUT2D eigenvalue weighted by Crippen LogP contribution is -2.13. The van der Waals surface area contributed by atoms with Gasteiger partial charge in [-0.05, 0) is 41.1 Å². The first-order valence-corrected chi connectivity index (χ1v) is 6.26. The molecule has 0 bridgehead atoms. The van der Waals surface area contributed by atoms with Crippen LogP contribution in [0.25, 0.3) is 0 Å². The van der Waals surface area contributed by atoms with Crippen molar-refractivity contribution in [2.45, 2.75) is 19.8 Å². The summed E-state index contributed by atoms with van der Waals surface area (Å²) in [4.78, 5) is 21.8. The Bertz CT molecular complexity index is 448. The molecule has 0 radical (unpaired) electrons. The van der Waals surface area contributed by atoms with E-state index < -0.39 is 5.97 Å². The average molecular weight is 316 g/mol. The van der Waals surface area contributed by atoms with Crippen LogP contribution in [0.5, 0.6) is 5.75 Å². The number of carbonyl (C=O) groups is 2. The number of rotatable bonds is 6. The number of ether oxygens (including phenoxy) is 1. The Kier molecular flexibility index (Phi) is 5.64. The second-order valence-corrected chi connectivity index (χ2v) is 4.37. The minimum atomic E-state index is -0.990. The van der Waals surface area contributed by atoms with Crippen molar-refractivity contribution >= 4 is 33.5 Å². The van der Waals surface area contributed by atoms with Crippen LogP contribution in [-0.4, -0.2) is 23.6 Å². The van der Waals surface area contributed by atoms with Crippen molar-refractivity contribution in [3.05, 3.63) is 22.7 Å². The Labute approximate surface area is 113 Å². The van der Waals surface area contributed by atoms with Crippen LogP contribution < -0.4 is 10.1 Å². The molecule has 0 spiro atoms. The Hall–Kier alpha value is -1.56. The van der Waals surface area contributed by atoms with Gasteiger partial charge in [-0.1, -0.05) is 0 Å². The van der Waals surface area contributed by atoms with Gasteiger partial charge in [0.25, 0.3) is 0 Å². The number of carboxylic acid groups (broad SMARTS) is 1. The highest BCUT2D eigenvalue weighted by Crippen LogP contribution is 2.27. The van der Waals surface area contributed by atoms with Gasteiger partial charge in [-0.25, -0.2) is 0 Å². The maximum atomic E-state index is 11.5. The van der Waals surface area contributed by atoms with Crippen LogP contribution in [0.2, 0.25) is 0 Å². The Morgan fingerprint density at radius 3 is 2.67 bits per heavy atom. The molecule has 0 saturated heterocycles. The monoisotopic (exact) mass is 315 g/mol. The van der Waals surface area contributed by atoms with E-state index in [0.717, 1.165) is 0 Å². The summed E-state index contributed by atoms with van der Waals surface area (Å²) >= 11 is 3.31. The van der Waals surface area contributed by atoms with Gasteiger partial charge < -0.3 is 15.2 Å². The maximum absolute atomic E-state index is 11.5. The zero-order valence-corrected chi connectivity index (χ0v) is 11.5. The van der Waals surface area contributed by atoms with Crippen LogP contribution in [0.4, 0.5) is 5.69 Å². The van der Waals surface area contributed by atoms with Crippen LogP contribution in [0, 0.1) is 0 Å². The van der Waals surface area contributed by atoms with Crippen molar-refractivity contribution in [1.82, 2.24) is 0 Å². The van der Waals surface area contributed by atoms with Crippen molar-refractivity contribution in [3.8, 4) is 5.75 Å². The van der Waals surface area contributed by atoms with Crippen LogP contribution >= 0.6 is 15.9 Å². The number of hydrogen-bond donors (Lipinski definition) is 2. The molecule has 6 heteroatoms. The zero-order chi connectivity index (χ0) is 13.5. The minimum absolute atomic E-state index is 0.0466. The molecular formula is C12H14BrNO4. The average Bonchev–Trinajstić information content (AvgIpc) is 2.30. The van der Waals surface area contributed by atoms with E-state index in [1.54, 1.807) is 18.2 Å². The van der Waals surface area contributed by atoms with E-state index in [1.807, 2.05) is 6.92 Å². The van der Waals surface area contributed by atoms with Crippen molar-refractivity contribution in [1.29, 1.82) is 0 Å². The Morgan fingerprint density at radius 1 is 1.39 bits per heavy atom. The summed E-state index contributed by atoms with van der Waals surface area (Å²) in [7, 11) is 0. The fourth-order valence-electron chi connectivity index (χ4n) is 1.29. The van der Waals surface area contributed by atoms with E-state index in [4.69, 9.17) is 9.84 Å². The number of carbonyl (C=O) groups excluding carboxylic acids is 1. The molecule has 0 aliphatic heterocycles. The van der Waals surface area contributed by atoms with Gasteiger partial charge in [0.1, 0.15) is 5.75 Å². The van der Waals surface area contributed by atoms with Crippen molar-refractivity contribution < 1.29 is 19.4 Å². The molecule has 0 aromatic heterocycles. The molecule has 2 N–H and O–H groups in total. The molecule has 18 heavy (non-hydrogen) atoms. The van der Waals surface area contributed by atoms with Gasteiger partial charge in [-0.15, -0.1) is 0 Å². The van der Waals surface area contributed by atoms with Crippen molar-refractivity contribution in [2.24, 2.45) is 0 Å². The van der Waals surface area contributed by atoms with Crippen LogP contribution in [-0.2, 0) is 9.59 Å². The number of anilines is 1. The second-order valence-electron chi connectivity index (χ2n) is 3.52. The fourth-order valence-corrected chi connectivity index (χ4v) is 1.74. The Morgan fingerprint density at radius 2 is 2.11 bits per heavy atom. The molecule has 98 valence electrons. The highest BCUT2D eigenvalue weighted by Gasteiger charge is 2.08. The SMILES string of the molecule is CCOc1ccc(NC(=O)CCC(=O)O)c(Br)c1. The molecule has 0 aliphatic rings. The smallest absolute Gasteiger partial charge is 0.303 e. The van der Waals surface area contributed by atoms with Gasteiger partial charge in [0, 0.05) is 10.9 Å². The first-order valence-electron chi connectivity index (χ1n) is 5.47. The lowest BCUT2D eigenvalue weighted by atomic mass is 10.2. The third-order valence-corrected chi connectivity index (χ3v) is 2.75. The van der Waals surface area contributed by atoms with Gasteiger partial charge in [0.15, 0.2) is 0 Å². The number of benzene rings is 1. The first-order chi connectivity index (χ1) is 8.52. The highest BCUT2D eigenvalue weighted by molar-refractivity contribution is 9.10. The fraction of sp³-hybridized carbons (Fsp3) is 0.333. The molecule has 0 saturated carbocycles. The summed E-state index contributed by atoms with van der Waals surface area (Å²) in [6.45, 7) is 2.45. The number of aliphatic carboxylic acids is 1. The number of amides is 1. The summed E-state index contributed by atoms with van der Waals surface area (Å²) in [5.41, 5.74) is 0.592. The Balaban J connectivity index is 2.61. The van der Waals surface area contributed by atoms with Crippen molar-refractivity contribution in [3.63, 3.8) is 0 Å². The second kappa shape index (κ2) is 7.00. The standard InChI is InChI=1S/C12H14BrNO4/c1-2-18-8-3-4-10(9(13)7-8)14-11(15)5-6-12(16)17/h3-4,7H,2,5-6H2,1H3,(H,14,15)(H,16,17). The molecule has 1 aromatic rings. The third kappa shape index (κ3) is 4.75. The van der Waals surface area contributed by atoms with Gasteiger partial charge in [-0.3, -0.25) is 9.59 Å². The molecule has 0 heterocycles. The molecule has 5 nitrogen and oxygen atoms in total. The lowest BCUT2D eigenvalue weighted by Gasteiger charge is -2.09. The van der Waals surface area contributed by atoms with E-state index in [0.29, 0.717) is 22.5 Å². The quantitative estimate of drug-likeness (QED) is 0.846. The van der Waals surface area contributed by atoms with E-state index in [9.17, 15) is 9.59 Å². The highest BCUT2D eigenvalue weighted by atomic mass is 79.9. The molecule has 0 aliphatic carbocycles. The van der Waals surface area contributed by atoms with E-state index in [2.05, 4.69) is 21.2 Å². The third-order valence-electron chi connectivity index (χ3n) is 2.09. The van der Waals surface area contributed by atoms with E-state index in [-0.39, 0.29) is 18.7 Å². The van der Waals surface area contributed by atoms with Gasteiger partial charge in [0.2, 0.25) is 5.91 Å². The predicted octanol–water partition coefficient (Wildman–Crippen LogP) is 2.65. The first kappa shape index (κ1) is 14.5. The van der Waals surface area contributed by atoms with E-state index >= 15 is 0 Å². The number of nitrogens with one attached hydrogen (secondary N) is 1. The van der Waals surface area contributed by atoms with Gasteiger partial charge in [0.05, 0.1) is 18.7 Å². The predicted molar refractivity (Wildman–Crippen MR) is 70.8 cm³/mol. The summed E-state index contributed by atoms with van der Waals surface area (Å²) in [5, 5.41) is 11.1. The summed E-state index contributed by atoms with van der Waals surface area (Å²) in [5.74, 6) is -0.619. The molecule has 0 unspecified atom stereocenters. The normalized spacial score (nSPS) is 9.89. The summed E-state index contributed by atoms with van der Waals surface area (Å²) in [6.07, 6.45) is -0.227. The van der Waals surface area contributed by atoms with Crippen molar-refractivity contribution in [2.75, 3.05) is 11.9 Å². The molecular weight excluding hydrogens is 302 g/mol. The van der Waals surface area contributed by atoms with Gasteiger partial charge >= 0.3 is 5.97 Å². The van der Waals surface area contributed by atoms with E-state index in [1.165, 1.54) is 0 Å². The molecule has 1 amide bonds. The van der Waals surface area contributed by atoms with Gasteiger partial charge in [-0.2, -0.15) is 0 Å². The number of hydrogen-bond acceptors (Lipinski definition) is 3. The van der Waals surface area contributed by atoms with Crippen LogP contribution in [0.3, 0.4) is 0 Å². The number of carboxylic acids is 1. The minimum Gasteiger partial charge on any atom is -0.494 e. The lowest BCUT2D eigenvalue weighted by molar-refractivity contribution is -0.138. The summed E-state index contributed by atoms with van der Waals surface area (Å²) in [6, 6.07) is 5.19.